The zero-order chi connectivity index (χ0) is 12.6. The topological polar surface area (TPSA) is 35.5 Å². The van der Waals surface area contributed by atoms with Crippen LogP contribution in [0, 0.1) is 6.92 Å². The van der Waals surface area contributed by atoms with Gasteiger partial charge in [-0.15, -0.1) is 0 Å². The third-order valence-corrected chi connectivity index (χ3v) is 3.61. The van der Waals surface area contributed by atoms with Gasteiger partial charge in [-0.05, 0) is 44.4 Å². The number of hydrogen-bond donors (Lipinski definition) is 0. The van der Waals surface area contributed by atoms with Crippen LogP contribution in [-0.2, 0) is 11.2 Å². The van der Waals surface area contributed by atoms with Crippen molar-refractivity contribution in [3.8, 4) is 0 Å². The molecule has 18 heavy (non-hydrogen) atoms. The van der Waals surface area contributed by atoms with E-state index in [0.29, 0.717) is 0 Å². The summed E-state index contributed by atoms with van der Waals surface area (Å²) in [6.45, 7) is 4.20. The fourth-order valence-electron chi connectivity index (χ4n) is 2.67. The van der Waals surface area contributed by atoms with Gasteiger partial charge in [0.25, 0.3) is 0 Å². The summed E-state index contributed by atoms with van der Waals surface area (Å²) in [5.74, 6) is 1.00. The van der Waals surface area contributed by atoms with Crippen molar-refractivity contribution in [3.63, 3.8) is 0 Å². The summed E-state index contributed by atoms with van der Waals surface area (Å²) in [6.07, 6.45) is 8.33. The summed E-state index contributed by atoms with van der Waals surface area (Å²) < 4.78 is 16.8. The lowest BCUT2D eigenvalue weighted by atomic mass is 9.96. The summed E-state index contributed by atoms with van der Waals surface area (Å²) in [6, 6.07) is 4.06. The van der Waals surface area contributed by atoms with Crippen molar-refractivity contribution in [2.75, 3.05) is 0 Å². The first-order valence-electron chi connectivity index (χ1n) is 6.39. The minimum Gasteiger partial charge on any atom is -0.472 e. The van der Waals surface area contributed by atoms with Crippen LogP contribution < -0.4 is 0 Å². The molecule has 1 fully saturated rings. The van der Waals surface area contributed by atoms with E-state index in [1.54, 1.807) is 18.8 Å². The van der Waals surface area contributed by atoms with Gasteiger partial charge in [-0.1, -0.05) is 0 Å². The molecule has 3 nitrogen and oxygen atoms in total. The number of ether oxygens (including phenoxy) is 1. The van der Waals surface area contributed by atoms with E-state index in [9.17, 15) is 0 Å². The van der Waals surface area contributed by atoms with Crippen molar-refractivity contribution >= 4 is 0 Å². The number of furan rings is 2. The maximum Gasteiger partial charge on any atom is 0.106 e. The van der Waals surface area contributed by atoms with Gasteiger partial charge < -0.3 is 13.6 Å². The molecule has 96 valence electrons. The molecule has 3 heteroatoms. The Hall–Kier alpha value is -1.48. The molecule has 0 radical (unpaired) electrons. The Bertz CT molecular complexity index is 512. The molecule has 0 unspecified atom stereocenters. The average Bonchev–Trinajstić information content (AvgIpc) is 3.00. The second kappa shape index (κ2) is 4.32. The monoisotopic (exact) mass is 246 g/mol. The van der Waals surface area contributed by atoms with Crippen molar-refractivity contribution in [1.82, 2.24) is 0 Å². The molecule has 3 rings (SSSR count). The van der Waals surface area contributed by atoms with Gasteiger partial charge >= 0.3 is 0 Å². The minimum absolute atomic E-state index is 0.133. The Morgan fingerprint density at radius 3 is 2.94 bits per heavy atom. The highest BCUT2D eigenvalue weighted by Gasteiger charge is 2.37. The zero-order valence-electron chi connectivity index (χ0n) is 10.8. The molecular formula is C15H18O3. The highest BCUT2D eigenvalue weighted by Crippen LogP contribution is 2.41. The molecule has 2 atom stereocenters. The van der Waals surface area contributed by atoms with Crippen LogP contribution in [0.15, 0.2) is 39.8 Å². The number of aryl methyl sites for hydroxylation is 1. The largest absolute Gasteiger partial charge is 0.472 e. The van der Waals surface area contributed by atoms with E-state index in [2.05, 4.69) is 13.0 Å². The van der Waals surface area contributed by atoms with Gasteiger partial charge in [-0.25, -0.2) is 0 Å². The molecule has 1 aliphatic heterocycles. The lowest BCUT2D eigenvalue weighted by Crippen LogP contribution is -2.26. The van der Waals surface area contributed by atoms with Gasteiger partial charge in [0, 0.05) is 12.0 Å². The standard InChI is InChI=1S/C15H18O3/c1-11-7-13(17-9-11)8-15(2)5-3-14(18-15)12-4-6-16-10-12/h4,6-7,9-10,14H,3,5,8H2,1-2H3/t14-,15-/m1/s1. The summed E-state index contributed by atoms with van der Waals surface area (Å²) in [5, 5.41) is 0. The van der Waals surface area contributed by atoms with Crippen LogP contribution in [-0.4, -0.2) is 5.60 Å². The maximum absolute atomic E-state index is 6.19. The molecule has 0 saturated carbocycles. The lowest BCUT2D eigenvalue weighted by molar-refractivity contribution is -0.0319. The van der Waals surface area contributed by atoms with Crippen molar-refractivity contribution in [2.45, 2.75) is 44.8 Å². The predicted octanol–water partition coefficient (Wildman–Crippen LogP) is 4.03. The number of hydrogen-bond acceptors (Lipinski definition) is 3. The smallest absolute Gasteiger partial charge is 0.106 e. The first kappa shape index (κ1) is 11.6. The third kappa shape index (κ3) is 2.23. The van der Waals surface area contributed by atoms with E-state index in [4.69, 9.17) is 13.6 Å². The highest BCUT2D eigenvalue weighted by atomic mass is 16.5. The van der Waals surface area contributed by atoms with Crippen molar-refractivity contribution in [1.29, 1.82) is 0 Å². The van der Waals surface area contributed by atoms with E-state index in [0.717, 1.165) is 36.1 Å². The summed E-state index contributed by atoms with van der Waals surface area (Å²) >= 11 is 0. The molecule has 3 heterocycles. The Labute approximate surface area is 107 Å². The predicted molar refractivity (Wildman–Crippen MR) is 67.3 cm³/mol. The van der Waals surface area contributed by atoms with E-state index in [1.165, 1.54) is 0 Å². The molecule has 1 aliphatic rings. The Morgan fingerprint density at radius 1 is 1.39 bits per heavy atom. The fraction of sp³-hybridized carbons (Fsp3) is 0.467. The molecule has 0 bridgehead atoms. The molecule has 0 aliphatic carbocycles. The molecule has 0 aromatic carbocycles. The molecule has 0 N–H and O–H groups in total. The summed E-state index contributed by atoms with van der Waals surface area (Å²) in [4.78, 5) is 0. The third-order valence-electron chi connectivity index (χ3n) is 3.61. The fourth-order valence-corrected chi connectivity index (χ4v) is 2.67. The Balaban J connectivity index is 1.70. The van der Waals surface area contributed by atoms with Crippen LogP contribution in [0.1, 0.15) is 42.8 Å². The second-order valence-corrected chi connectivity index (χ2v) is 5.42. The average molecular weight is 246 g/mol. The lowest BCUT2D eigenvalue weighted by Gasteiger charge is -2.23. The van der Waals surface area contributed by atoms with Crippen LogP contribution in [0.2, 0.25) is 0 Å². The number of rotatable bonds is 3. The van der Waals surface area contributed by atoms with E-state index in [1.807, 2.05) is 13.0 Å². The maximum atomic E-state index is 6.19. The second-order valence-electron chi connectivity index (χ2n) is 5.42. The molecule has 0 spiro atoms. The van der Waals surface area contributed by atoms with Crippen LogP contribution in [0.25, 0.3) is 0 Å². The normalized spacial score (nSPS) is 27.8. The SMILES string of the molecule is Cc1coc(C[C@@]2(C)CC[C@H](c3ccoc3)O2)c1. The molecule has 2 aromatic heterocycles. The van der Waals surface area contributed by atoms with Crippen molar-refractivity contribution in [2.24, 2.45) is 0 Å². The van der Waals surface area contributed by atoms with Crippen LogP contribution >= 0.6 is 0 Å². The van der Waals surface area contributed by atoms with E-state index < -0.39 is 0 Å². The van der Waals surface area contributed by atoms with Gasteiger partial charge in [0.2, 0.25) is 0 Å². The van der Waals surface area contributed by atoms with Gasteiger partial charge in [0.05, 0.1) is 30.5 Å². The molecule has 0 amide bonds. The van der Waals surface area contributed by atoms with Crippen LogP contribution in [0.4, 0.5) is 0 Å². The first-order chi connectivity index (χ1) is 8.65. The molecular weight excluding hydrogens is 228 g/mol. The molecule has 2 aromatic rings. The summed E-state index contributed by atoms with van der Waals surface area (Å²) in [7, 11) is 0. The first-order valence-corrected chi connectivity index (χ1v) is 6.39. The minimum atomic E-state index is -0.133. The van der Waals surface area contributed by atoms with Crippen molar-refractivity contribution < 1.29 is 13.6 Å². The van der Waals surface area contributed by atoms with Gasteiger partial charge in [-0.2, -0.15) is 0 Å². The van der Waals surface area contributed by atoms with Crippen LogP contribution in [0.3, 0.4) is 0 Å². The quantitative estimate of drug-likeness (QED) is 0.820. The van der Waals surface area contributed by atoms with Crippen LogP contribution in [0.5, 0.6) is 0 Å². The van der Waals surface area contributed by atoms with E-state index in [-0.39, 0.29) is 11.7 Å². The van der Waals surface area contributed by atoms with Gasteiger partial charge in [0.1, 0.15) is 5.76 Å². The summed E-state index contributed by atoms with van der Waals surface area (Å²) in [5.41, 5.74) is 2.17. The Kier molecular flexibility index (Phi) is 2.78. The zero-order valence-corrected chi connectivity index (χ0v) is 10.8. The van der Waals surface area contributed by atoms with Crippen molar-refractivity contribution in [3.05, 3.63) is 47.8 Å². The Morgan fingerprint density at radius 2 is 2.28 bits per heavy atom. The molecule has 1 saturated heterocycles. The highest BCUT2D eigenvalue weighted by molar-refractivity contribution is 5.15. The van der Waals surface area contributed by atoms with E-state index >= 15 is 0 Å². The van der Waals surface area contributed by atoms with Gasteiger partial charge in [0.15, 0.2) is 0 Å². The van der Waals surface area contributed by atoms with Gasteiger partial charge in [-0.3, -0.25) is 0 Å².